The lowest BCUT2D eigenvalue weighted by atomic mass is 10.1. The molecule has 3 aromatic rings. The van der Waals surface area contributed by atoms with Crippen LogP contribution in [0.5, 0.6) is 0 Å². The van der Waals surface area contributed by atoms with E-state index in [1.54, 1.807) is 10.9 Å². The highest BCUT2D eigenvalue weighted by molar-refractivity contribution is 7.20. The van der Waals surface area contributed by atoms with Crippen LogP contribution in [0.3, 0.4) is 0 Å². The molecule has 0 aliphatic rings. The van der Waals surface area contributed by atoms with E-state index >= 15 is 0 Å². The van der Waals surface area contributed by atoms with Crippen LogP contribution >= 0.6 is 11.3 Å². The lowest BCUT2D eigenvalue weighted by Gasteiger charge is -2.13. The van der Waals surface area contributed by atoms with Crippen molar-refractivity contribution in [3.63, 3.8) is 0 Å². The van der Waals surface area contributed by atoms with Gasteiger partial charge in [0.25, 0.3) is 11.5 Å². The van der Waals surface area contributed by atoms with Gasteiger partial charge in [0.2, 0.25) is 0 Å². The molecule has 27 heavy (non-hydrogen) atoms. The van der Waals surface area contributed by atoms with Gasteiger partial charge in [-0.3, -0.25) is 14.2 Å². The van der Waals surface area contributed by atoms with Crippen LogP contribution in [0.25, 0.3) is 10.2 Å². The summed E-state index contributed by atoms with van der Waals surface area (Å²) in [7, 11) is 0. The minimum absolute atomic E-state index is 0.0555. The van der Waals surface area contributed by atoms with Gasteiger partial charge in [-0.25, -0.2) is 4.98 Å². The summed E-state index contributed by atoms with van der Waals surface area (Å²) in [4.78, 5) is 31.2. The molecule has 0 spiro atoms. The highest BCUT2D eigenvalue weighted by atomic mass is 32.1. The van der Waals surface area contributed by atoms with Crippen molar-refractivity contribution >= 4 is 27.5 Å². The van der Waals surface area contributed by atoms with Crippen molar-refractivity contribution in [1.29, 1.82) is 0 Å². The van der Waals surface area contributed by atoms with E-state index in [0.717, 1.165) is 30.4 Å². The Morgan fingerprint density at radius 2 is 2.00 bits per heavy atom. The van der Waals surface area contributed by atoms with E-state index < -0.39 is 0 Å². The normalized spacial score (nSPS) is 12.3. The van der Waals surface area contributed by atoms with Crippen LogP contribution in [0.15, 0.2) is 41.5 Å². The number of benzene rings is 1. The third-order valence-electron chi connectivity index (χ3n) is 4.77. The largest absolute Gasteiger partial charge is 0.345 e. The molecule has 0 aliphatic carbocycles. The Kier molecular flexibility index (Phi) is 6.06. The molecule has 2 aromatic heterocycles. The molecule has 3 rings (SSSR count). The van der Waals surface area contributed by atoms with Crippen molar-refractivity contribution in [3.05, 3.63) is 63.0 Å². The van der Waals surface area contributed by atoms with E-state index in [2.05, 4.69) is 17.2 Å². The van der Waals surface area contributed by atoms with Gasteiger partial charge in [-0.1, -0.05) is 50.1 Å². The second-order valence-electron chi connectivity index (χ2n) is 6.79. The van der Waals surface area contributed by atoms with E-state index in [4.69, 9.17) is 0 Å². The lowest BCUT2D eigenvalue weighted by Crippen LogP contribution is -2.26. The minimum atomic E-state index is -0.163. The molecule has 6 heteroatoms. The number of thiophene rings is 1. The number of aromatic nitrogens is 2. The first-order valence-corrected chi connectivity index (χ1v) is 10.2. The monoisotopic (exact) mass is 383 g/mol. The SMILES string of the molecule is CCCCCn1cnc2sc(C(=O)NC(C)c3ccccc3)c(C)c2c1=O. The van der Waals surface area contributed by atoms with Gasteiger partial charge in [-0.05, 0) is 31.4 Å². The van der Waals surface area contributed by atoms with Gasteiger partial charge in [-0.2, -0.15) is 0 Å². The van der Waals surface area contributed by atoms with Crippen molar-refractivity contribution in [2.24, 2.45) is 0 Å². The lowest BCUT2D eigenvalue weighted by molar-refractivity contribution is 0.0943. The molecule has 5 nitrogen and oxygen atoms in total. The number of carbonyl (C=O) groups is 1. The average Bonchev–Trinajstić information content (AvgIpc) is 3.02. The van der Waals surface area contributed by atoms with E-state index in [1.807, 2.05) is 44.2 Å². The summed E-state index contributed by atoms with van der Waals surface area (Å²) in [6, 6.07) is 9.72. The minimum Gasteiger partial charge on any atom is -0.345 e. The van der Waals surface area contributed by atoms with E-state index in [-0.39, 0.29) is 17.5 Å². The van der Waals surface area contributed by atoms with E-state index in [9.17, 15) is 9.59 Å². The topological polar surface area (TPSA) is 64.0 Å². The molecular weight excluding hydrogens is 358 g/mol. The zero-order valence-corrected chi connectivity index (χ0v) is 16.8. The Labute approximate surface area is 163 Å². The summed E-state index contributed by atoms with van der Waals surface area (Å²) >= 11 is 1.28. The molecule has 0 fully saturated rings. The van der Waals surface area contributed by atoms with Crippen molar-refractivity contribution in [2.75, 3.05) is 0 Å². The number of nitrogens with one attached hydrogen (secondary N) is 1. The van der Waals surface area contributed by atoms with Crippen molar-refractivity contribution < 1.29 is 4.79 Å². The highest BCUT2D eigenvalue weighted by Crippen LogP contribution is 2.27. The fourth-order valence-electron chi connectivity index (χ4n) is 3.15. The van der Waals surface area contributed by atoms with Crippen LogP contribution in [0.4, 0.5) is 0 Å². The van der Waals surface area contributed by atoms with Gasteiger partial charge >= 0.3 is 0 Å². The Balaban J connectivity index is 1.87. The molecule has 0 radical (unpaired) electrons. The Morgan fingerprint density at radius 1 is 1.26 bits per heavy atom. The summed E-state index contributed by atoms with van der Waals surface area (Å²) in [5.74, 6) is -0.163. The average molecular weight is 384 g/mol. The zero-order valence-electron chi connectivity index (χ0n) is 16.0. The molecule has 1 unspecified atom stereocenters. The first-order chi connectivity index (χ1) is 13.0. The number of aryl methyl sites for hydroxylation is 2. The molecule has 0 saturated carbocycles. The van der Waals surface area contributed by atoms with Gasteiger partial charge in [0.05, 0.1) is 22.6 Å². The molecule has 1 N–H and O–H groups in total. The third-order valence-corrected chi connectivity index (χ3v) is 5.97. The Hall–Kier alpha value is -2.47. The standard InChI is InChI=1S/C21H25N3O2S/c1-4-5-9-12-24-13-22-20-17(21(24)26)14(2)18(27-20)19(25)23-15(3)16-10-7-6-8-11-16/h6-8,10-11,13,15H,4-5,9,12H2,1-3H3,(H,23,25). The number of hydrogen-bond donors (Lipinski definition) is 1. The van der Waals surface area contributed by atoms with Crippen molar-refractivity contribution in [3.8, 4) is 0 Å². The number of nitrogens with zero attached hydrogens (tertiary/aromatic N) is 2. The number of carbonyl (C=O) groups excluding carboxylic acids is 1. The quantitative estimate of drug-likeness (QED) is 0.613. The van der Waals surface area contributed by atoms with E-state index in [1.165, 1.54) is 11.3 Å². The van der Waals surface area contributed by atoms with Crippen LogP contribution < -0.4 is 10.9 Å². The number of fused-ring (bicyclic) bond motifs is 1. The van der Waals surface area contributed by atoms with Crippen molar-refractivity contribution in [1.82, 2.24) is 14.9 Å². The van der Waals surface area contributed by atoms with Crippen LogP contribution in [-0.2, 0) is 6.54 Å². The summed E-state index contributed by atoms with van der Waals surface area (Å²) in [6.45, 7) is 6.58. The number of hydrogen-bond acceptors (Lipinski definition) is 4. The first-order valence-electron chi connectivity index (χ1n) is 9.37. The fraction of sp³-hybridized carbons (Fsp3) is 0.381. The van der Waals surface area contributed by atoms with Crippen LogP contribution in [0.2, 0.25) is 0 Å². The second-order valence-corrected chi connectivity index (χ2v) is 7.79. The van der Waals surface area contributed by atoms with Gasteiger partial charge in [0, 0.05) is 6.54 Å². The number of amides is 1. The van der Waals surface area contributed by atoms with E-state index in [0.29, 0.717) is 21.6 Å². The Morgan fingerprint density at radius 3 is 2.70 bits per heavy atom. The molecule has 0 aliphatic heterocycles. The summed E-state index contributed by atoms with van der Waals surface area (Å²) in [5.41, 5.74) is 1.70. The zero-order chi connectivity index (χ0) is 19.4. The van der Waals surface area contributed by atoms with Crippen molar-refractivity contribution in [2.45, 2.75) is 52.6 Å². The summed E-state index contributed by atoms with van der Waals surface area (Å²) < 4.78 is 1.66. The van der Waals surface area contributed by atoms with Gasteiger partial charge in [0.15, 0.2) is 0 Å². The summed E-state index contributed by atoms with van der Waals surface area (Å²) in [6.07, 6.45) is 4.74. The Bertz CT molecular complexity index is 992. The molecule has 1 amide bonds. The maximum absolute atomic E-state index is 12.8. The first kappa shape index (κ1) is 19.3. The van der Waals surface area contributed by atoms with Gasteiger partial charge < -0.3 is 5.32 Å². The molecule has 0 saturated heterocycles. The number of rotatable bonds is 7. The molecule has 1 aromatic carbocycles. The van der Waals surface area contributed by atoms with Gasteiger partial charge in [-0.15, -0.1) is 11.3 Å². The van der Waals surface area contributed by atoms with Crippen LogP contribution in [0.1, 0.15) is 60.0 Å². The summed E-state index contributed by atoms with van der Waals surface area (Å²) in [5, 5.41) is 3.59. The molecule has 2 heterocycles. The van der Waals surface area contributed by atoms with Gasteiger partial charge in [0.1, 0.15) is 4.83 Å². The maximum atomic E-state index is 12.8. The highest BCUT2D eigenvalue weighted by Gasteiger charge is 2.20. The molecular formula is C21H25N3O2S. The molecule has 0 bridgehead atoms. The van der Waals surface area contributed by atoms with Crippen LogP contribution in [-0.4, -0.2) is 15.5 Å². The number of unbranched alkanes of at least 4 members (excludes halogenated alkanes) is 2. The second kappa shape index (κ2) is 8.48. The smallest absolute Gasteiger partial charge is 0.262 e. The molecule has 142 valence electrons. The fourth-order valence-corrected chi connectivity index (χ4v) is 4.20. The maximum Gasteiger partial charge on any atom is 0.262 e. The third kappa shape index (κ3) is 4.11. The predicted molar refractivity (Wildman–Crippen MR) is 110 cm³/mol. The molecule has 1 atom stereocenters. The van der Waals surface area contributed by atoms with Crippen LogP contribution in [0, 0.1) is 6.92 Å². The predicted octanol–water partition coefficient (Wildman–Crippen LogP) is 4.45.